The number of halogens is 1. The summed E-state index contributed by atoms with van der Waals surface area (Å²) in [5.74, 6) is -0.143. The molecule has 7 heteroatoms. The summed E-state index contributed by atoms with van der Waals surface area (Å²) in [5, 5.41) is 7.78. The molecule has 2 N–H and O–H groups in total. The van der Waals surface area contributed by atoms with Crippen LogP contribution in [0.2, 0.25) is 5.02 Å². The molecule has 0 fully saturated rings. The molecule has 0 aliphatic carbocycles. The van der Waals surface area contributed by atoms with Crippen LogP contribution in [0.1, 0.15) is 23.7 Å². The maximum atomic E-state index is 12.8. The van der Waals surface area contributed by atoms with Crippen molar-refractivity contribution in [2.24, 2.45) is 0 Å². The lowest BCUT2D eigenvalue weighted by molar-refractivity contribution is 0.0954. The van der Waals surface area contributed by atoms with E-state index in [1.807, 2.05) is 6.92 Å². The second kappa shape index (κ2) is 6.89. The number of rotatable bonds is 4. The van der Waals surface area contributed by atoms with Gasteiger partial charge in [0.25, 0.3) is 11.5 Å². The maximum Gasteiger partial charge on any atom is 0.280 e. The van der Waals surface area contributed by atoms with Crippen LogP contribution >= 0.6 is 11.6 Å². The Morgan fingerprint density at radius 1 is 1.19 bits per heavy atom. The number of pyridine rings is 1. The van der Waals surface area contributed by atoms with E-state index >= 15 is 0 Å². The zero-order valence-electron chi connectivity index (χ0n) is 14.6. The molecular weight excluding hydrogens is 364 g/mol. The highest BCUT2D eigenvalue weighted by molar-refractivity contribution is 6.30. The second-order valence-electron chi connectivity index (χ2n) is 6.26. The monoisotopic (exact) mass is 380 g/mol. The van der Waals surface area contributed by atoms with E-state index in [9.17, 15) is 9.59 Å². The van der Waals surface area contributed by atoms with E-state index in [0.717, 1.165) is 11.8 Å². The van der Waals surface area contributed by atoms with Gasteiger partial charge in [-0.1, -0.05) is 18.5 Å². The Kier molecular flexibility index (Phi) is 4.41. The lowest BCUT2D eigenvalue weighted by atomic mass is 10.1. The zero-order valence-corrected chi connectivity index (χ0v) is 15.4. The molecule has 136 valence electrons. The SMILES string of the molecule is CCCNC(=O)c1ccc2ncc3c(=O)n(-c4ccc(Cl)cc4)[nH]c3c2c1. The summed E-state index contributed by atoms with van der Waals surface area (Å²) in [6.07, 6.45) is 2.42. The number of carbonyl (C=O) groups is 1. The minimum absolute atomic E-state index is 0.143. The predicted octanol–water partition coefficient (Wildman–Crippen LogP) is 3.66. The van der Waals surface area contributed by atoms with Crippen molar-refractivity contribution in [3.8, 4) is 5.69 Å². The minimum Gasteiger partial charge on any atom is -0.352 e. The van der Waals surface area contributed by atoms with Gasteiger partial charge in [0.15, 0.2) is 0 Å². The van der Waals surface area contributed by atoms with Crippen molar-refractivity contribution in [2.75, 3.05) is 6.54 Å². The molecule has 2 aromatic heterocycles. The largest absolute Gasteiger partial charge is 0.352 e. The van der Waals surface area contributed by atoms with Gasteiger partial charge in [-0.25, -0.2) is 4.68 Å². The number of fused-ring (bicyclic) bond motifs is 3. The van der Waals surface area contributed by atoms with Crippen LogP contribution in [0.5, 0.6) is 0 Å². The Hall–Kier alpha value is -3.12. The topological polar surface area (TPSA) is 79.8 Å². The molecule has 0 saturated heterocycles. The fraction of sp³-hybridized carbons (Fsp3) is 0.150. The van der Waals surface area contributed by atoms with E-state index in [2.05, 4.69) is 15.4 Å². The third-order valence-corrected chi connectivity index (χ3v) is 4.66. The van der Waals surface area contributed by atoms with Crippen LogP contribution in [0.15, 0.2) is 53.5 Å². The van der Waals surface area contributed by atoms with Gasteiger partial charge in [0.2, 0.25) is 0 Å². The van der Waals surface area contributed by atoms with Crippen LogP contribution in [0.3, 0.4) is 0 Å². The first-order valence-electron chi connectivity index (χ1n) is 8.66. The van der Waals surface area contributed by atoms with Gasteiger partial charge in [0.1, 0.15) is 0 Å². The Balaban J connectivity index is 1.89. The third kappa shape index (κ3) is 3.08. The smallest absolute Gasteiger partial charge is 0.280 e. The summed E-state index contributed by atoms with van der Waals surface area (Å²) in [6, 6.07) is 12.3. The number of nitrogens with one attached hydrogen (secondary N) is 2. The molecule has 0 radical (unpaired) electrons. The number of carbonyl (C=O) groups excluding carboxylic acids is 1. The third-order valence-electron chi connectivity index (χ3n) is 4.41. The second-order valence-corrected chi connectivity index (χ2v) is 6.70. The highest BCUT2D eigenvalue weighted by Crippen LogP contribution is 2.22. The number of aromatic nitrogens is 3. The molecule has 1 amide bonds. The molecule has 4 rings (SSSR count). The average Bonchev–Trinajstić information content (AvgIpc) is 3.03. The molecule has 27 heavy (non-hydrogen) atoms. The summed E-state index contributed by atoms with van der Waals surface area (Å²) in [6.45, 7) is 2.61. The average molecular weight is 381 g/mol. The fourth-order valence-electron chi connectivity index (χ4n) is 3.01. The van der Waals surface area contributed by atoms with E-state index in [1.165, 1.54) is 4.68 Å². The van der Waals surface area contributed by atoms with Gasteiger partial charge in [-0.2, -0.15) is 0 Å². The highest BCUT2D eigenvalue weighted by Gasteiger charge is 2.14. The highest BCUT2D eigenvalue weighted by atomic mass is 35.5. The molecule has 0 atom stereocenters. The summed E-state index contributed by atoms with van der Waals surface area (Å²) in [7, 11) is 0. The molecular formula is C20H17ClN4O2. The standard InChI is InChI=1S/C20H17ClN4O2/c1-2-9-22-19(26)12-3-8-17-15(10-12)18-16(11-23-17)20(27)25(24-18)14-6-4-13(21)5-7-14/h3-8,10-11,24H,2,9H2,1H3,(H,22,26). The minimum atomic E-state index is -0.206. The molecule has 0 saturated carbocycles. The number of hydrogen-bond acceptors (Lipinski definition) is 3. The normalized spacial score (nSPS) is 11.2. The lowest BCUT2D eigenvalue weighted by Gasteiger charge is -2.05. The molecule has 0 unspecified atom stereocenters. The number of H-pyrrole nitrogens is 1. The number of aromatic amines is 1. The van der Waals surface area contributed by atoms with E-state index in [0.29, 0.717) is 39.2 Å². The van der Waals surface area contributed by atoms with Crippen molar-refractivity contribution in [3.63, 3.8) is 0 Å². The lowest BCUT2D eigenvalue weighted by Crippen LogP contribution is -2.23. The predicted molar refractivity (Wildman–Crippen MR) is 107 cm³/mol. The van der Waals surface area contributed by atoms with Gasteiger partial charge in [0, 0.05) is 28.7 Å². The molecule has 4 aromatic rings. The molecule has 2 heterocycles. The van der Waals surface area contributed by atoms with Crippen LogP contribution in [0.4, 0.5) is 0 Å². The first kappa shape index (κ1) is 17.3. The van der Waals surface area contributed by atoms with Gasteiger partial charge in [-0.05, 0) is 48.9 Å². The molecule has 0 spiro atoms. The van der Waals surface area contributed by atoms with E-state index in [-0.39, 0.29) is 11.5 Å². The first-order valence-corrected chi connectivity index (χ1v) is 9.04. The molecule has 2 aromatic carbocycles. The quantitative estimate of drug-likeness (QED) is 0.567. The van der Waals surface area contributed by atoms with Crippen molar-refractivity contribution in [2.45, 2.75) is 13.3 Å². The number of hydrogen-bond donors (Lipinski definition) is 2. The zero-order chi connectivity index (χ0) is 19.0. The van der Waals surface area contributed by atoms with Crippen molar-refractivity contribution in [3.05, 3.63) is 69.6 Å². The summed E-state index contributed by atoms with van der Waals surface area (Å²) < 4.78 is 1.45. The van der Waals surface area contributed by atoms with Gasteiger partial charge < -0.3 is 5.32 Å². The molecule has 0 aliphatic rings. The van der Waals surface area contributed by atoms with Crippen LogP contribution in [0.25, 0.3) is 27.5 Å². The van der Waals surface area contributed by atoms with Crippen molar-refractivity contribution >= 4 is 39.3 Å². The maximum absolute atomic E-state index is 12.8. The van der Waals surface area contributed by atoms with Crippen LogP contribution in [-0.2, 0) is 0 Å². The van der Waals surface area contributed by atoms with E-state index in [4.69, 9.17) is 11.6 Å². The van der Waals surface area contributed by atoms with Crippen LogP contribution < -0.4 is 10.9 Å². The number of amides is 1. The Labute approximate surface area is 159 Å². The van der Waals surface area contributed by atoms with E-state index in [1.54, 1.807) is 48.7 Å². The van der Waals surface area contributed by atoms with Gasteiger partial charge in [-0.15, -0.1) is 0 Å². The molecule has 6 nitrogen and oxygen atoms in total. The van der Waals surface area contributed by atoms with Crippen molar-refractivity contribution < 1.29 is 4.79 Å². The van der Waals surface area contributed by atoms with Gasteiger partial charge in [-0.3, -0.25) is 19.7 Å². The number of nitrogens with zero attached hydrogens (tertiary/aromatic N) is 2. The van der Waals surface area contributed by atoms with Crippen LogP contribution in [-0.4, -0.2) is 27.2 Å². The van der Waals surface area contributed by atoms with Crippen molar-refractivity contribution in [1.29, 1.82) is 0 Å². The van der Waals surface area contributed by atoms with Gasteiger partial charge in [0.05, 0.1) is 22.1 Å². The van der Waals surface area contributed by atoms with Gasteiger partial charge >= 0.3 is 0 Å². The first-order chi connectivity index (χ1) is 13.1. The molecule has 0 aliphatic heterocycles. The summed E-state index contributed by atoms with van der Waals surface area (Å²) in [5.41, 5.74) is 2.35. The van der Waals surface area contributed by atoms with E-state index < -0.39 is 0 Å². The van der Waals surface area contributed by atoms with Crippen LogP contribution in [0, 0.1) is 0 Å². The number of benzene rings is 2. The van der Waals surface area contributed by atoms with Crippen molar-refractivity contribution in [1.82, 2.24) is 20.1 Å². The summed E-state index contributed by atoms with van der Waals surface area (Å²) in [4.78, 5) is 29.5. The summed E-state index contributed by atoms with van der Waals surface area (Å²) >= 11 is 5.93. The molecule has 0 bridgehead atoms. The Morgan fingerprint density at radius 3 is 2.70 bits per heavy atom. The Morgan fingerprint density at radius 2 is 1.96 bits per heavy atom. The Bertz CT molecular complexity index is 1210. The fourth-order valence-corrected chi connectivity index (χ4v) is 3.14.